The Balaban J connectivity index is 1.22. The second-order valence-corrected chi connectivity index (χ2v) is 12.7. The topological polar surface area (TPSA) is 93.2 Å². The Morgan fingerprint density at radius 3 is 2.58 bits per heavy atom. The number of fused-ring (bicyclic) bond motifs is 1. The summed E-state index contributed by atoms with van der Waals surface area (Å²) >= 11 is 0. The summed E-state index contributed by atoms with van der Waals surface area (Å²) in [6.45, 7) is 7.61. The minimum Gasteiger partial charge on any atom is -0.322 e. The highest BCUT2D eigenvalue weighted by molar-refractivity contribution is 6.08. The van der Waals surface area contributed by atoms with E-state index in [2.05, 4.69) is 68.9 Å². The Kier molecular flexibility index (Phi) is 6.22. The third-order valence-corrected chi connectivity index (χ3v) is 9.19. The summed E-state index contributed by atoms with van der Waals surface area (Å²) in [5.41, 5.74) is 5.41. The third-order valence-electron chi connectivity index (χ3n) is 9.19. The van der Waals surface area contributed by atoms with Gasteiger partial charge in [-0.25, -0.2) is 0 Å². The largest absolute Gasteiger partial charge is 0.322 e. The van der Waals surface area contributed by atoms with Crippen LogP contribution in [0, 0.1) is 11.8 Å². The van der Waals surface area contributed by atoms with Crippen LogP contribution in [0.1, 0.15) is 91.2 Å². The first kappa shape index (κ1) is 25.4. The fourth-order valence-corrected chi connectivity index (χ4v) is 7.18. The van der Waals surface area contributed by atoms with E-state index >= 15 is 0 Å². The lowest BCUT2D eigenvalue weighted by molar-refractivity contribution is 0.102. The zero-order valence-corrected chi connectivity index (χ0v) is 23.7. The Morgan fingerprint density at radius 1 is 1.02 bits per heavy atom. The molecule has 2 aliphatic carbocycles. The Morgan fingerprint density at radius 2 is 1.85 bits per heavy atom. The lowest BCUT2D eigenvalue weighted by atomic mass is 9.58. The number of anilines is 1. The third kappa shape index (κ3) is 4.60. The number of aryl methyl sites for hydroxylation is 1. The molecule has 3 aromatic heterocycles. The first-order valence-corrected chi connectivity index (χ1v) is 14.7. The van der Waals surface area contributed by atoms with Crippen molar-refractivity contribution in [3.05, 3.63) is 71.2 Å². The molecule has 1 aliphatic heterocycles. The molecule has 40 heavy (non-hydrogen) atoms. The van der Waals surface area contributed by atoms with E-state index in [4.69, 9.17) is 0 Å². The molecule has 3 aliphatic rings. The Hall–Kier alpha value is -3.59. The van der Waals surface area contributed by atoms with Crippen LogP contribution in [-0.2, 0) is 19.0 Å². The van der Waals surface area contributed by atoms with Crippen LogP contribution in [0.3, 0.4) is 0 Å². The fraction of sp³-hybridized carbons (Fsp3) is 0.516. The van der Waals surface area contributed by atoms with Gasteiger partial charge in [-0.15, -0.1) is 20.4 Å². The smallest absolute Gasteiger partial charge is 0.259 e. The van der Waals surface area contributed by atoms with E-state index in [-0.39, 0.29) is 11.3 Å². The van der Waals surface area contributed by atoms with Gasteiger partial charge in [0, 0.05) is 32.0 Å². The molecule has 4 heterocycles. The van der Waals surface area contributed by atoms with Gasteiger partial charge in [0.25, 0.3) is 5.91 Å². The van der Waals surface area contributed by atoms with Crippen LogP contribution in [0.25, 0.3) is 5.65 Å². The summed E-state index contributed by atoms with van der Waals surface area (Å²) in [7, 11) is 2.02. The van der Waals surface area contributed by atoms with Gasteiger partial charge in [0.05, 0.1) is 11.0 Å². The van der Waals surface area contributed by atoms with Crippen molar-refractivity contribution in [1.82, 2.24) is 34.3 Å². The number of nitrogens with zero attached hydrogens (tertiary/aromatic N) is 7. The highest BCUT2D eigenvalue weighted by Crippen LogP contribution is 2.53. The maximum atomic E-state index is 13.9. The van der Waals surface area contributed by atoms with Crippen molar-refractivity contribution in [2.45, 2.75) is 70.3 Å². The van der Waals surface area contributed by atoms with Crippen molar-refractivity contribution >= 4 is 17.2 Å². The SMILES string of the molecule is CC1CC(c2cc(NC(=O)c3cc(CN4CCC[C@H](C)C4)cn4cnnc34)cc(C3CC3)c2)(c2nncn2C)C1. The molecular formula is C31H38N8O. The normalized spacial score (nSPS) is 25.2. The minimum atomic E-state index is -0.180. The van der Waals surface area contributed by atoms with Crippen LogP contribution in [0.5, 0.6) is 0 Å². The van der Waals surface area contributed by atoms with Gasteiger partial charge in [0.15, 0.2) is 5.65 Å². The summed E-state index contributed by atoms with van der Waals surface area (Å²) in [5, 5.41) is 20.4. The standard InChI is InChI=1S/C31H38N8O/c1-20-5-4-8-38(15-20)16-22-9-27(28-35-33-19-39(28)17-22)29(40)34-26-11-24(23-6-7-23)10-25(12-26)31(13-21(2)14-31)30-36-32-18-37(30)3/h9-12,17-21,23H,4-8,13-16H2,1-3H3,(H,34,40)/t20-,21?,31?/m0/s1. The number of carbonyl (C=O) groups excluding carboxylic acids is 1. The van der Waals surface area contributed by atoms with Crippen LogP contribution in [0.15, 0.2) is 43.1 Å². The van der Waals surface area contributed by atoms with E-state index in [1.807, 2.05) is 22.1 Å². The van der Waals surface area contributed by atoms with Crippen molar-refractivity contribution in [1.29, 1.82) is 0 Å². The number of benzene rings is 1. The lowest BCUT2D eigenvalue weighted by Gasteiger charge is -2.46. The fourth-order valence-electron chi connectivity index (χ4n) is 7.18. The van der Waals surface area contributed by atoms with E-state index in [0.29, 0.717) is 29.0 Å². The minimum absolute atomic E-state index is 0.152. The molecule has 1 amide bonds. The molecule has 9 nitrogen and oxygen atoms in total. The summed E-state index contributed by atoms with van der Waals surface area (Å²) in [6, 6.07) is 8.67. The first-order chi connectivity index (χ1) is 19.4. The monoisotopic (exact) mass is 538 g/mol. The predicted octanol–water partition coefficient (Wildman–Crippen LogP) is 4.94. The molecule has 7 rings (SSSR count). The second kappa shape index (κ2) is 9.80. The van der Waals surface area contributed by atoms with E-state index in [1.54, 1.807) is 12.7 Å². The molecule has 0 unspecified atom stereocenters. The van der Waals surface area contributed by atoms with Crippen molar-refractivity contribution in [2.75, 3.05) is 18.4 Å². The summed E-state index contributed by atoms with van der Waals surface area (Å²) < 4.78 is 3.92. The van der Waals surface area contributed by atoms with Gasteiger partial charge in [-0.3, -0.25) is 14.1 Å². The van der Waals surface area contributed by atoms with Crippen LogP contribution in [-0.4, -0.2) is 53.3 Å². The molecular weight excluding hydrogens is 500 g/mol. The van der Waals surface area contributed by atoms with Gasteiger partial charge >= 0.3 is 0 Å². The van der Waals surface area contributed by atoms with Crippen LogP contribution in [0.2, 0.25) is 0 Å². The number of likely N-dealkylation sites (tertiary alicyclic amines) is 1. The molecule has 0 bridgehead atoms. The molecule has 208 valence electrons. The number of hydrogen-bond acceptors (Lipinski definition) is 6. The summed E-state index contributed by atoms with van der Waals surface area (Å²) in [4.78, 5) is 16.4. The zero-order valence-electron chi connectivity index (χ0n) is 23.7. The molecule has 2 saturated carbocycles. The van der Waals surface area contributed by atoms with E-state index in [9.17, 15) is 4.79 Å². The maximum absolute atomic E-state index is 13.9. The average molecular weight is 539 g/mol. The second-order valence-electron chi connectivity index (χ2n) is 12.7. The number of aromatic nitrogens is 6. The number of carbonyl (C=O) groups is 1. The molecule has 0 radical (unpaired) electrons. The number of hydrogen-bond donors (Lipinski definition) is 1. The van der Waals surface area contributed by atoms with Gasteiger partial charge in [-0.1, -0.05) is 19.9 Å². The number of nitrogens with one attached hydrogen (secondary N) is 1. The number of amides is 1. The molecule has 1 atom stereocenters. The van der Waals surface area contributed by atoms with Crippen molar-refractivity contribution in [3.63, 3.8) is 0 Å². The van der Waals surface area contributed by atoms with Crippen molar-refractivity contribution in [3.8, 4) is 0 Å². The summed E-state index contributed by atoms with van der Waals surface area (Å²) in [6.07, 6.45) is 12.5. The highest BCUT2D eigenvalue weighted by atomic mass is 16.1. The highest BCUT2D eigenvalue weighted by Gasteiger charge is 2.48. The van der Waals surface area contributed by atoms with Gasteiger partial charge in [-0.05, 0) is 97.7 Å². The molecule has 0 spiro atoms. The molecule has 9 heteroatoms. The molecule has 1 saturated heterocycles. The van der Waals surface area contributed by atoms with Gasteiger partial charge < -0.3 is 9.88 Å². The maximum Gasteiger partial charge on any atom is 0.259 e. The number of piperidine rings is 1. The van der Waals surface area contributed by atoms with Crippen LogP contribution in [0.4, 0.5) is 5.69 Å². The average Bonchev–Trinajstić information content (AvgIpc) is 3.51. The van der Waals surface area contributed by atoms with E-state index in [0.717, 1.165) is 49.6 Å². The Bertz CT molecular complexity index is 1560. The van der Waals surface area contributed by atoms with Crippen molar-refractivity contribution in [2.24, 2.45) is 18.9 Å². The van der Waals surface area contributed by atoms with Gasteiger partial charge in [0.1, 0.15) is 18.5 Å². The molecule has 1 aromatic carbocycles. The van der Waals surface area contributed by atoms with Gasteiger partial charge in [-0.2, -0.15) is 0 Å². The van der Waals surface area contributed by atoms with Crippen LogP contribution < -0.4 is 5.32 Å². The lowest BCUT2D eigenvalue weighted by Crippen LogP contribution is -2.43. The number of pyridine rings is 1. The molecule has 4 aromatic rings. The van der Waals surface area contributed by atoms with E-state index in [1.165, 1.54) is 36.8 Å². The number of rotatable bonds is 7. The first-order valence-electron chi connectivity index (χ1n) is 14.7. The van der Waals surface area contributed by atoms with Crippen molar-refractivity contribution < 1.29 is 4.79 Å². The zero-order chi connectivity index (χ0) is 27.4. The van der Waals surface area contributed by atoms with E-state index < -0.39 is 0 Å². The van der Waals surface area contributed by atoms with Gasteiger partial charge in [0.2, 0.25) is 0 Å². The Labute approximate surface area is 235 Å². The quantitative estimate of drug-likeness (QED) is 0.358. The summed E-state index contributed by atoms with van der Waals surface area (Å²) in [5.74, 6) is 2.72. The molecule has 1 N–H and O–H groups in total. The van der Waals surface area contributed by atoms with Crippen LogP contribution >= 0.6 is 0 Å². The predicted molar refractivity (Wildman–Crippen MR) is 153 cm³/mol. The molecule has 3 fully saturated rings.